The largest absolute Gasteiger partial charge is 0.311 e. The monoisotopic (exact) mass is 792 g/mol. The summed E-state index contributed by atoms with van der Waals surface area (Å²) in [5.41, 5.74) is 15.4. The smallest absolute Gasteiger partial charge is 0.164 e. The zero-order chi connectivity index (χ0) is 41.3. The zero-order valence-electron chi connectivity index (χ0n) is 33.9. The van der Waals surface area contributed by atoms with Crippen LogP contribution < -0.4 is 4.90 Å². The molecule has 0 fully saturated rings. The van der Waals surface area contributed by atoms with Gasteiger partial charge in [0.05, 0.1) is 5.41 Å². The van der Waals surface area contributed by atoms with Crippen LogP contribution in [0, 0.1) is 0 Å². The van der Waals surface area contributed by atoms with Crippen LogP contribution in [0.2, 0.25) is 0 Å². The second-order valence-corrected chi connectivity index (χ2v) is 15.6. The van der Waals surface area contributed by atoms with Crippen LogP contribution in [0.15, 0.2) is 243 Å². The molecule has 0 spiro atoms. The van der Waals surface area contributed by atoms with Crippen LogP contribution in [-0.2, 0) is 5.41 Å². The molecular formula is C58H40N4. The van der Waals surface area contributed by atoms with E-state index in [0.29, 0.717) is 17.5 Å². The highest BCUT2D eigenvalue weighted by atomic mass is 15.1. The fourth-order valence-electron chi connectivity index (χ4n) is 9.15. The Bertz CT molecular complexity index is 2990. The summed E-state index contributed by atoms with van der Waals surface area (Å²) in [5.74, 6) is 1.93. The SMILES string of the molecule is c1ccc(-c2nc(-c3ccccc3)nc(-c3ccc(C4(c5ccc(-c6ccc(N(c7ccccc7)c7ccccc7)cc6)cc5)c5ccccc5-c5ccccc54)cc3)n2)cc1. The Labute approximate surface area is 362 Å². The number of benzene rings is 9. The molecule has 62 heavy (non-hydrogen) atoms. The van der Waals surface area contributed by atoms with Crippen LogP contribution in [0.25, 0.3) is 56.4 Å². The van der Waals surface area contributed by atoms with Crippen molar-refractivity contribution in [1.82, 2.24) is 15.0 Å². The van der Waals surface area contributed by atoms with E-state index in [1.807, 2.05) is 60.7 Å². The Hall–Kier alpha value is -8.21. The van der Waals surface area contributed by atoms with Crippen molar-refractivity contribution >= 4 is 17.1 Å². The molecule has 10 aromatic rings. The average Bonchev–Trinajstić information content (AvgIpc) is 3.66. The minimum Gasteiger partial charge on any atom is -0.311 e. The molecule has 11 rings (SSSR count). The highest BCUT2D eigenvalue weighted by Gasteiger charge is 2.45. The van der Waals surface area contributed by atoms with Crippen molar-refractivity contribution in [2.45, 2.75) is 5.41 Å². The summed E-state index contributed by atoms with van der Waals surface area (Å²) >= 11 is 0. The molecule has 1 aliphatic carbocycles. The Morgan fingerprint density at radius 3 is 0.984 bits per heavy atom. The molecule has 0 amide bonds. The molecule has 292 valence electrons. The van der Waals surface area contributed by atoms with Gasteiger partial charge >= 0.3 is 0 Å². The number of hydrogen-bond donors (Lipinski definition) is 0. The molecule has 0 N–H and O–H groups in total. The summed E-state index contributed by atoms with van der Waals surface area (Å²) in [7, 11) is 0. The van der Waals surface area contributed by atoms with Crippen molar-refractivity contribution in [3.8, 4) is 56.4 Å². The standard InChI is InChI=1S/C58H40N4/c1-5-17-43(18-6-1)55-59-56(44-19-7-2-8-20-44)61-57(60-55)45-31-37-47(38-32-45)58(53-27-15-13-25-51(53)52-26-14-16-28-54(52)58)46-35-29-41(30-36-46)42-33-39-50(40-34-42)62(48-21-9-3-10-22-48)49-23-11-4-12-24-49/h1-40H. The maximum Gasteiger partial charge on any atom is 0.164 e. The first-order chi connectivity index (χ1) is 30.7. The average molecular weight is 793 g/mol. The Morgan fingerprint density at radius 2 is 0.565 bits per heavy atom. The second kappa shape index (κ2) is 15.8. The molecule has 0 saturated carbocycles. The van der Waals surface area contributed by atoms with Crippen LogP contribution in [0.3, 0.4) is 0 Å². The van der Waals surface area contributed by atoms with Crippen molar-refractivity contribution in [1.29, 1.82) is 0 Å². The minimum absolute atomic E-state index is 0.552. The lowest BCUT2D eigenvalue weighted by atomic mass is 9.67. The molecule has 0 unspecified atom stereocenters. The van der Waals surface area contributed by atoms with Crippen LogP contribution in [0.1, 0.15) is 22.3 Å². The molecule has 0 radical (unpaired) electrons. The van der Waals surface area contributed by atoms with Gasteiger partial charge in [0.25, 0.3) is 0 Å². The van der Waals surface area contributed by atoms with Gasteiger partial charge in [-0.05, 0) is 80.9 Å². The Kier molecular flexibility index (Phi) is 9.36. The van der Waals surface area contributed by atoms with E-state index in [0.717, 1.165) is 44.9 Å². The topological polar surface area (TPSA) is 41.9 Å². The van der Waals surface area contributed by atoms with Crippen LogP contribution in [-0.4, -0.2) is 15.0 Å². The number of hydrogen-bond acceptors (Lipinski definition) is 4. The normalized spacial score (nSPS) is 12.3. The van der Waals surface area contributed by atoms with Gasteiger partial charge in [-0.3, -0.25) is 0 Å². The zero-order valence-corrected chi connectivity index (χ0v) is 33.9. The highest BCUT2D eigenvalue weighted by molar-refractivity contribution is 5.87. The fraction of sp³-hybridized carbons (Fsp3) is 0.0172. The highest BCUT2D eigenvalue weighted by Crippen LogP contribution is 2.56. The first-order valence-electron chi connectivity index (χ1n) is 21.0. The van der Waals surface area contributed by atoms with Gasteiger partial charge in [-0.15, -0.1) is 0 Å². The van der Waals surface area contributed by atoms with Gasteiger partial charge in [0.2, 0.25) is 0 Å². The maximum absolute atomic E-state index is 5.03. The lowest BCUT2D eigenvalue weighted by molar-refractivity contribution is 0.768. The molecule has 0 atom stereocenters. The summed E-state index contributed by atoms with van der Waals surface area (Å²) in [6, 6.07) is 86.0. The molecule has 0 aliphatic heterocycles. The van der Waals surface area contributed by atoms with E-state index in [9.17, 15) is 0 Å². The molecular weight excluding hydrogens is 753 g/mol. The van der Waals surface area contributed by atoms with Gasteiger partial charge < -0.3 is 4.90 Å². The summed E-state index contributed by atoms with van der Waals surface area (Å²) in [6.45, 7) is 0. The predicted molar refractivity (Wildman–Crippen MR) is 254 cm³/mol. The molecule has 1 heterocycles. The van der Waals surface area contributed by atoms with Crippen LogP contribution in [0.5, 0.6) is 0 Å². The number of aromatic nitrogens is 3. The number of para-hydroxylation sites is 2. The first kappa shape index (κ1) is 36.8. The number of fused-ring (bicyclic) bond motifs is 3. The van der Waals surface area contributed by atoms with E-state index in [1.54, 1.807) is 0 Å². The van der Waals surface area contributed by atoms with Gasteiger partial charge in [0, 0.05) is 33.8 Å². The molecule has 9 aromatic carbocycles. The fourth-order valence-corrected chi connectivity index (χ4v) is 9.15. The molecule has 4 nitrogen and oxygen atoms in total. The molecule has 1 aliphatic rings. The van der Waals surface area contributed by atoms with Crippen molar-refractivity contribution in [2.24, 2.45) is 0 Å². The second-order valence-electron chi connectivity index (χ2n) is 15.6. The van der Waals surface area contributed by atoms with Gasteiger partial charge in [-0.1, -0.05) is 206 Å². The van der Waals surface area contributed by atoms with Gasteiger partial charge in [0.1, 0.15) is 0 Å². The molecule has 4 heteroatoms. The van der Waals surface area contributed by atoms with Crippen molar-refractivity contribution < 1.29 is 0 Å². The number of rotatable bonds is 9. The summed E-state index contributed by atoms with van der Waals surface area (Å²) in [4.78, 5) is 17.3. The molecule has 1 aromatic heterocycles. The first-order valence-corrected chi connectivity index (χ1v) is 21.0. The Morgan fingerprint density at radius 1 is 0.258 bits per heavy atom. The van der Waals surface area contributed by atoms with E-state index in [4.69, 9.17) is 15.0 Å². The molecule has 0 saturated heterocycles. The van der Waals surface area contributed by atoms with Crippen LogP contribution >= 0.6 is 0 Å². The summed E-state index contributed by atoms with van der Waals surface area (Å²) < 4.78 is 0. The Balaban J connectivity index is 0.997. The number of nitrogens with zero attached hydrogens (tertiary/aromatic N) is 4. The minimum atomic E-state index is -0.552. The van der Waals surface area contributed by atoms with Crippen LogP contribution in [0.4, 0.5) is 17.1 Å². The quantitative estimate of drug-likeness (QED) is 0.146. The summed E-state index contributed by atoms with van der Waals surface area (Å²) in [6.07, 6.45) is 0. The van der Waals surface area contributed by atoms with Crippen molar-refractivity contribution in [2.75, 3.05) is 4.90 Å². The molecule has 0 bridgehead atoms. The van der Waals surface area contributed by atoms with Gasteiger partial charge in [-0.2, -0.15) is 0 Å². The van der Waals surface area contributed by atoms with Crippen molar-refractivity contribution in [3.05, 3.63) is 265 Å². The van der Waals surface area contributed by atoms with Crippen molar-refractivity contribution in [3.63, 3.8) is 0 Å². The number of anilines is 3. The third kappa shape index (κ3) is 6.46. The summed E-state index contributed by atoms with van der Waals surface area (Å²) in [5, 5.41) is 0. The van der Waals surface area contributed by atoms with E-state index in [-0.39, 0.29) is 0 Å². The lowest BCUT2D eigenvalue weighted by Gasteiger charge is -2.34. The van der Waals surface area contributed by atoms with E-state index >= 15 is 0 Å². The third-order valence-corrected chi connectivity index (χ3v) is 12.0. The van der Waals surface area contributed by atoms with E-state index in [2.05, 4.69) is 187 Å². The van der Waals surface area contributed by atoms with Gasteiger partial charge in [-0.25, -0.2) is 15.0 Å². The predicted octanol–water partition coefficient (Wildman–Crippen LogP) is 14.4. The van der Waals surface area contributed by atoms with E-state index in [1.165, 1.54) is 33.4 Å². The lowest BCUT2D eigenvalue weighted by Crippen LogP contribution is -2.28. The van der Waals surface area contributed by atoms with E-state index < -0.39 is 5.41 Å². The maximum atomic E-state index is 5.03. The third-order valence-electron chi connectivity index (χ3n) is 12.0. The van der Waals surface area contributed by atoms with Gasteiger partial charge in [0.15, 0.2) is 17.5 Å².